The molecular formula is C29H45N5O4. The summed E-state index contributed by atoms with van der Waals surface area (Å²) in [4.78, 5) is 55.6. The van der Waals surface area contributed by atoms with Gasteiger partial charge in [0.15, 0.2) is 0 Å². The van der Waals surface area contributed by atoms with E-state index < -0.39 is 35.2 Å². The van der Waals surface area contributed by atoms with Gasteiger partial charge in [-0.15, -0.1) is 0 Å². The number of fused-ring (bicyclic) bond motifs is 1. The number of likely N-dealkylation sites (tertiary alicyclic amines) is 1. The summed E-state index contributed by atoms with van der Waals surface area (Å²) in [6, 6.07) is -1.98. The van der Waals surface area contributed by atoms with Crippen molar-refractivity contribution in [2.45, 2.75) is 116 Å². The third-order valence-electron chi connectivity index (χ3n) is 9.30. The number of hydrogen-bond acceptors (Lipinski definition) is 6. The van der Waals surface area contributed by atoms with E-state index in [1.54, 1.807) is 4.90 Å². The first kappa shape index (κ1) is 27.0. The molecule has 1 saturated heterocycles. The number of hydrogen-bond donors (Lipinski definition) is 4. The molecule has 0 aromatic rings. The van der Waals surface area contributed by atoms with Gasteiger partial charge in [0.25, 0.3) is 5.91 Å². The van der Waals surface area contributed by atoms with Gasteiger partial charge in [-0.25, -0.2) is 0 Å². The average Bonchev–Trinajstić information content (AvgIpc) is 3.75. The lowest BCUT2D eigenvalue weighted by molar-refractivity contribution is -0.145. The van der Waals surface area contributed by atoms with Gasteiger partial charge in [-0.1, -0.05) is 46.5 Å². The maximum Gasteiger partial charge on any atom is 0.289 e. The Bertz CT molecular complexity index is 1000. The number of Topliss-reactive ketones (excluding diaryl/α,β-unsaturated/α-hetero) is 1. The van der Waals surface area contributed by atoms with Crippen LogP contribution in [-0.4, -0.2) is 59.1 Å². The highest BCUT2D eigenvalue weighted by atomic mass is 16.2. The van der Waals surface area contributed by atoms with Crippen LogP contribution in [0.3, 0.4) is 0 Å². The Morgan fingerprint density at radius 1 is 0.974 bits per heavy atom. The van der Waals surface area contributed by atoms with Gasteiger partial charge in [-0.05, 0) is 73.7 Å². The number of allylic oxidation sites excluding steroid dienone is 1. The Morgan fingerprint density at radius 2 is 1.66 bits per heavy atom. The summed E-state index contributed by atoms with van der Waals surface area (Å²) in [6.45, 7) is 6.55. The number of carbonyl (C=O) groups is 4. The number of nitrogens with zero attached hydrogens (tertiary/aromatic N) is 1. The van der Waals surface area contributed by atoms with E-state index in [0.29, 0.717) is 24.7 Å². The summed E-state index contributed by atoms with van der Waals surface area (Å²) in [5.41, 5.74) is 7.00. The molecule has 1 heterocycles. The number of amides is 3. The predicted molar refractivity (Wildman–Crippen MR) is 143 cm³/mol. The van der Waals surface area contributed by atoms with Gasteiger partial charge in [0.2, 0.25) is 17.6 Å². The molecule has 5 N–H and O–H groups in total. The SMILES string of the molecule is CC(C)(C)[C@H](NC(N)=C1CC1)C(=O)N1C[C@@H]2CCC[C@@H]2[C@H]1C(=O)NC(CC1CCC1)C(=O)C(=O)NC1CC1. The zero-order chi connectivity index (χ0) is 27.2. The minimum Gasteiger partial charge on any atom is -0.386 e. The second-order valence-corrected chi connectivity index (χ2v) is 13.5. The second-order valence-electron chi connectivity index (χ2n) is 13.5. The molecule has 4 saturated carbocycles. The number of rotatable bonds is 10. The molecule has 210 valence electrons. The molecule has 0 aromatic carbocycles. The zero-order valence-corrected chi connectivity index (χ0v) is 23.2. The molecule has 5 rings (SSSR count). The molecule has 9 nitrogen and oxygen atoms in total. The third kappa shape index (κ3) is 5.86. The van der Waals surface area contributed by atoms with E-state index in [2.05, 4.69) is 16.0 Å². The Kier molecular flexibility index (Phi) is 7.48. The number of nitrogens with two attached hydrogens (primary N) is 1. The average molecular weight is 528 g/mol. The summed E-state index contributed by atoms with van der Waals surface area (Å²) in [5, 5.41) is 9.05. The monoisotopic (exact) mass is 527 g/mol. The van der Waals surface area contributed by atoms with Crippen molar-refractivity contribution in [2.75, 3.05) is 6.54 Å². The lowest BCUT2D eigenvalue weighted by Crippen LogP contribution is -2.59. The quantitative estimate of drug-likeness (QED) is 0.322. The van der Waals surface area contributed by atoms with E-state index in [0.717, 1.165) is 69.8 Å². The molecule has 1 aliphatic heterocycles. The molecule has 0 bridgehead atoms. The largest absolute Gasteiger partial charge is 0.386 e. The maximum atomic E-state index is 14.1. The fourth-order valence-corrected chi connectivity index (χ4v) is 6.47. The van der Waals surface area contributed by atoms with Crippen LogP contribution >= 0.6 is 0 Å². The highest BCUT2D eigenvalue weighted by Gasteiger charge is 2.52. The summed E-state index contributed by atoms with van der Waals surface area (Å²) < 4.78 is 0. The number of ketones is 1. The van der Waals surface area contributed by atoms with Gasteiger partial charge < -0.3 is 26.6 Å². The molecule has 5 fully saturated rings. The van der Waals surface area contributed by atoms with E-state index in [-0.39, 0.29) is 29.7 Å². The first-order chi connectivity index (χ1) is 18.0. The maximum absolute atomic E-state index is 14.1. The summed E-state index contributed by atoms with van der Waals surface area (Å²) in [7, 11) is 0. The highest BCUT2D eigenvalue weighted by molar-refractivity contribution is 6.38. The molecule has 38 heavy (non-hydrogen) atoms. The Morgan fingerprint density at radius 3 is 2.24 bits per heavy atom. The predicted octanol–water partition coefficient (Wildman–Crippen LogP) is 2.10. The van der Waals surface area contributed by atoms with Crippen molar-refractivity contribution in [2.24, 2.45) is 28.9 Å². The van der Waals surface area contributed by atoms with Crippen molar-refractivity contribution in [1.29, 1.82) is 0 Å². The van der Waals surface area contributed by atoms with Crippen LogP contribution in [0.15, 0.2) is 11.4 Å². The molecule has 0 spiro atoms. The molecule has 4 aliphatic carbocycles. The molecule has 5 atom stereocenters. The number of carbonyl (C=O) groups excluding carboxylic acids is 4. The van der Waals surface area contributed by atoms with E-state index in [1.165, 1.54) is 0 Å². The lowest BCUT2D eigenvalue weighted by Gasteiger charge is -2.37. The molecule has 1 unspecified atom stereocenters. The summed E-state index contributed by atoms with van der Waals surface area (Å²) in [5.74, 6) is -0.329. The van der Waals surface area contributed by atoms with Gasteiger partial charge in [-0.3, -0.25) is 19.2 Å². The zero-order valence-electron chi connectivity index (χ0n) is 23.2. The lowest BCUT2D eigenvalue weighted by atomic mass is 9.80. The van der Waals surface area contributed by atoms with Crippen LogP contribution in [0.4, 0.5) is 0 Å². The van der Waals surface area contributed by atoms with Gasteiger partial charge in [0, 0.05) is 12.6 Å². The summed E-state index contributed by atoms with van der Waals surface area (Å²) >= 11 is 0. The third-order valence-corrected chi connectivity index (χ3v) is 9.30. The van der Waals surface area contributed by atoms with E-state index in [1.807, 2.05) is 20.8 Å². The fourth-order valence-electron chi connectivity index (χ4n) is 6.47. The summed E-state index contributed by atoms with van der Waals surface area (Å²) in [6.07, 6.45) is 10.2. The van der Waals surface area contributed by atoms with E-state index >= 15 is 0 Å². The Hall–Kier alpha value is -2.58. The molecule has 3 amide bonds. The standard InChI is InChI=1S/C29H45N5O4/c1-29(2,3)24(33-25(30)17-10-11-17)28(38)34-15-18-8-5-9-20(18)22(34)26(36)32-21(14-16-6-4-7-16)23(35)27(37)31-19-12-13-19/h16,18-22,24,33H,4-15,30H2,1-3H3,(H,31,37)(H,32,36)/t18-,20-,21?,22-,24+/m0/s1. The van der Waals surface area contributed by atoms with Gasteiger partial charge in [0.05, 0.1) is 11.9 Å². The Labute approximate surface area is 226 Å². The topological polar surface area (TPSA) is 134 Å². The van der Waals surface area contributed by atoms with Gasteiger partial charge in [-0.2, -0.15) is 0 Å². The van der Waals surface area contributed by atoms with Crippen molar-refractivity contribution in [3.63, 3.8) is 0 Å². The van der Waals surface area contributed by atoms with Crippen molar-refractivity contribution in [3.8, 4) is 0 Å². The molecule has 5 aliphatic rings. The number of nitrogens with one attached hydrogen (secondary N) is 3. The van der Waals surface area contributed by atoms with E-state index in [9.17, 15) is 19.2 Å². The normalized spacial score (nSPS) is 28.1. The van der Waals surface area contributed by atoms with E-state index in [4.69, 9.17) is 5.73 Å². The van der Waals surface area contributed by atoms with Crippen molar-refractivity contribution >= 4 is 23.5 Å². The smallest absolute Gasteiger partial charge is 0.289 e. The van der Waals surface area contributed by atoms with Crippen molar-refractivity contribution in [3.05, 3.63) is 11.4 Å². The van der Waals surface area contributed by atoms with Gasteiger partial charge >= 0.3 is 0 Å². The van der Waals surface area contributed by atoms with Crippen LogP contribution in [0.5, 0.6) is 0 Å². The molecule has 9 heteroatoms. The first-order valence-corrected chi connectivity index (χ1v) is 14.7. The molecule has 0 radical (unpaired) electrons. The molecule has 0 aromatic heterocycles. The van der Waals surface area contributed by atoms with Crippen LogP contribution in [0.2, 0.25) is 0 Å². The highest BCUT2D eigenvalue weighted by Crippen LogP contribution is 2.43. The van der Waals surface area contributed by atoms with Crippen LogP contribution in [0, 0.1) is 23.2 Å². The fraction of sp³-hybridized carbons (Fsp3) is 0.793. The molecular weight excluding hydrogens is 482 g/mol. The minimum atomic E-state index is -0.851. The van der Waals surface area contributed by atoms with Crippen molar-refractivity contribution in [1.82, 2.24) is 20.9 Å². The van der Waals surface area contributed by atoms with Crippen LogP contribution in [0.1, 0.15) is 91.4 Å². The second kappa shape index (κ2) is 10.5. The van der Waals surface area contributed by atoms with Crippen LogP contribution in [-0.2, 0) is 19.2 Å². The first-order valence-electron chi connectivity index (χ1n) is 14.7. The Balaban J connectivity index is 1.35. The van der Waals surface area contributed by atoms with Crippen molar-refractivity contribution < 1.29 is 19.2 Å². The minimum absolute atomic E-state index is 0.0680. The van der Waals surface area contributed by atoms with Gasteiger partial charge in [0.1, 0.15) is 12.1 Å². The van der Waals surface area contributed by atoms with Crippen LogP contribution < -0.4 is 21.7 Å². The van der Waals surface area contributed by atoms with Crippen LogP contribution in [0.25, 0.3) is 0 Å².